The number of piperidine rings is 1. The van der Waals surface area contributed by atoms with Gasteiger partial charge in [0.15, 0.2) is 5.82 Å². The molecule has 1 saturated heterocycles. The predicted octanol–water partition coefficient (Wildman–Crippen LogP) is 2.02. The molecule has 1 aliphatic rings. The minimum absolute atomic E-state index is 0.0142. The summed E-state index contributed by atoms with van der Waals surface area (Å²) in [6.45, 7) is 10.1. The van der Waals surface area contributed by atoms with Crippen molar-refractivity contribution in [1.82, 2.24) is 25.9 Å². The normalized spacial score (nSPS) is 19.9. The van der Waals surface area contributed by atoms with Crippen molar-refractivity contribution in [3.05, 3.63) is 18.2 Å². The van der Waals surface area contributed by atoms with E-state index in [1.165, 1.54) is 12.8 Å². The van der Waals surface area contributed by atoms with Crippen molar-refractivity contribution < 1.29 is 5.11 Å². The van der Waals surface area contributed by atoms with Crippen LogP contribution in [0.2, 0.25) is 0 Å². The predicted molar refractivity (Wildman–Crippen MR) is 77.2 cm³/mol. The van der Waals surface area contributed by atoms with Crippen LogP contribution in [0.3, 0.4) is 0 Å². The zero-order valence-corrected chi connectivity index (χ0v) is 12.3. The van der Waals surface area contributed by atoms with E-state index in [4.69, 9.17) is 0 Å². The molecule has 0 aliphatic carbocycles. The molecule has 1 aliphatic heterocycles. The summed E-state index contributed by atoms with van der Waals surface area (Å²) >= 11 is 0. The molecule has 0 aromatic carbocycles. The van der Waals surface area contributed by atoms with E-state index in [0.717, 1.165) is 25.3 Å². The molecule has 1 aromatic rings. The van der Waals surface area contributed by atoms with E-state index in [2.05, 4.69) is 46.4 Å². The van der Waals surface area contributed by atoms with Crippen LogP contribution in [0.1, 0.15) is 44.9 Å². The van der Waals surface area contributed by atoms with Gasteiger partial charge in [-0.05, 0) is 54.6 Å². The van der Waals surface area contributed by atoms with Crippen molar-refractivity contribution in [3.63, 3.8) is 0 Å². The van der Waals surface area contributed by atoms with Crippen molar-refractivity contribution in [2.45, 2.75) is 39.0 Å². The van der Waals surface area contributed by atoms with Gasteiger partial charge in [0, 0.05) is 11.8 Å². The lowest BCUT2D eigenvalue weighted by Gasteiger charge is -2.32. The fraction of sp³-hybridized carbons (Fsp3) is 0.786. The summed E-state index contributed by atoms with van der Waals surface area (Å²) in [5.74, 6) is 2.02. The molecule has 0 spiro atoms. The Morgan fingerprint density at radius 3 is 2.60 bits per heavy atom. The third-order valence-electron chi connectivity index (χ3n) is 4.30. The molecular weight excluding hydrogens is 254 g/mol. The van der Waals surface area contributed by atoms with Crippen LogP contribution in [-0.4, -0.2) is 38.8 Å². The van der Waals surface area contributed by atoms with Gasteiger partial charge >= 0.3 is 0 Å². The lowest BCUT2D eigenvalue weighted by atomic mass is 9.75. The van der Waals surface area contributed by atoms with Crippen LogP contribution >= 0.6 is 0 Å². The first kappa shape index (κ1) is 15.0. The molecule has 0 unspecified atom stereocenters. The Kier molecular flexibility index (Phi) is 5.11. The molecule has 6 heteroatoms. The lowest BCUT2D eigenvalue weighted by molar-refractivity contribution is 0.211. The van der Waals surface area contributed by atoms with Gasteiger partial charge in [-0.25, -0.2) is 5.10 Å². The van der Waals surface area contributed by atoms with E-state index in [0.29, 0.717) is 11.8 Å². The van der Waals surface area contributed by atoms with E-state index >= 15 is 0 Å². The maximum Gasteiger partial charge on any atom is 0.152 e. The Hall–Kier alpha value is -1.43. The average molecular weight is 279 g/mol. The standard InChI is InChI=1S/C14H25N5O/c1-9(2)13(10(3)20)12(14-16-18-19-17-14)8-11-4-6-15-7-5-11/h9,11-13,15,20H,3-8H2,1-2H3,(H,16,17,18,19)/t12-,13+/m0/s1. The molecule has 0 saturated carbocycles. The largest absolute Gasteiger partial charge is 0.513 e. The zero-order valence-electron chi connectivity index (χ0n) is 12.3. The first-order valence-electron chi connectivity index (χ1n) is 7.41. The van der Waals surface area contributed by atoms with Crippen LogP contribution in [0.25, 0.3) is 0 Å². The third kappa shape index (κ3) is 3.56. The number of nitrogens with one attached hydrogen (secondary N) is 2. The number of rotatable bonds is 6. The second kappa shape index (κ2) is 6.83. The molecule has 2 atom stereocenters. The van der Waals surface area contributed by atoms with Gasteiger partial charge in [0.2, 0.25) is 0 Å². The van der Waals surface area contributed by atoms with Crippen LogP contribution < -0.4 is 5.32 Å². The number of aliphatic hydroxyl groups is 1. The maximum atomic E-state index is 9.99. The van der Waals surface area contributed by atoms with Gasteiger partial charge < -0.3 is 10.4 Å². The Bertz CT molecular complexity index is 411. The van der Waals surface area contributed by atoms with E-state index in [9.17, 15) is 5.11 Å². The number of tetrazole rings is 1. The summed E-state index contributed by atoms with van der Waals surface area (Å²) in [6, 6.07) is 0. The molecule has 2 heterocycles. The molecular formula is C14H25N5O. The number of aromatic nitrogens is 4. The second-order valence-electron chi connectivity index (χ2n) is 6.08. The summed E-state index contributed by atoms with van der Waals surface area (Å²) < 4.78 is 0. The van der Waals surface area contributed by atoms with Gasteiger partial charge in [0.25, 0.3) is 0 Å². The molecule has 2 rings (SSSR count). The topological polar surface area (TPSA) is 86.7 Å². The van der Waals surface area contributed by atoms with Gasteiger partial charge in [0.1, 0.15) is 0 Å². The molecule has 0 amide bonds. The van der Waals surface area contributed by atoms with E-state index in [-0.39, 0.29) is 17.6 Å². The first-order chi connectivity index (χ1) is 9.59. The molecule has 1 fully saturated rings. The maximum absolute atomic E-state index is 9.99. The molecule has 1 aromatic heterocycles. The lowest BCUT2D eigenvalue weighted by Crippen LogP contribution is -2.31. The fourth-order valence-electron chi connectivity index (χ4n) is 3.31. The first-order valence-corrected chi connectivity index (χ1v) is 7.41. The van der Waals surface area contributed by atoms with E-state index in [1.807, 2.05) is 0 Å². The van der Waals surface area contributed by atoms with Crippen molar-refractivity contribution in [3.8, 4) is 0 Å². The zero-order chi connectivity index (χ0) is 14.5. The Labute approximate surface area is 120 Å². The highest BCUT2D eigenvalue weighted by molar-refractivity contribution is 5.06. The number of allylic oxidation sites excluding steroid dienone is 1. The Morgan fingerprint density at radius 1 is 1.40 bits per heavy atom. The number of hydrogen-bond donors (Lipinski definition) is 3. The SMILES string of the molecule is C=C(O)[C@@H](C(C)C)[C@H](CC1CCNCC1)c1nnn[nH]1. The molecule has 0 bridgehead atoms. The van der Waals surface area contributed by atoms with Crippen molar-refractivity contribution >= 4 is 0 Å². The van der Waals surface area contributed by atoms with Gasteiger partial charge in [-0.3, -0.25) is 0 Å². The summed E-state index contributed by atoms with van der Waals surface area (Å²) in [7, 11) is 0. The fourth-order valence-corrected chi connectivity index (χ4v) is 3.31. The molecule has 6 nitrogen and oxygen atoms in total. The highest BCUT2D eigenvalue weighted by Crippen LogP contribution is 2.38. The van der Waals surface area contributed by atoms with Crippen molar-refractivity contribution in [2.75, 3.05) is 13.1 Å². The quantitative estimate of drug-likeness (QED) is 0.693. The van der Waals surface area contributed by atoms with Crippen molar-refractivity contribution in [1.29, 1.82) is 0 Å². The van der Waals surface area contributed by atoms with Gasteiger partial charge in [0.05, 0.1) is 5.76 Å². The summed E-state index contributed by atoms with van der Waals surface area (Å²) in [4.78, 5) is 0. The number of hydrogen-bond acceptors (Lipinski definition) is 5. The number of aromatic amines is 1. The van der Waals surface area contributed by atoms with Gasteiger partial charge in [-0.15, -0.1) is 5.10 Å². The summed E-state index contributed by atoms with van der Waals surface area (Å²) in [6.07, 6.45) is 3.32. The Morgan fingerprint density at radius 2 is 2.10 bits per heavy atom. The van der Waals surface area contributed by atoms with Gasteiger partial charge in [-0.2, -0.15) is 0 Å². The molecule has 20 heavy (non-hydrogen) atoms. The summed E-state index contributed by atoms with van der Waals surface area (Å²) in [5, 5.41) is 27.7. The molecule has 112 valence electrons. The number of H-pyrrole nitrogens is 1. The number of aliphatic hydroxyl groups excluding tert-OH is 1. The monoisotopic (exact) mass is 279 g/mol. The van der Waals surface area contributed by atoms with E-state index < -0.39 is 0 Å². The molecule has 3 N–H and O–H groups in total. The van der Waals surface area contributed by atoms with Crippen LogP contribution in [0.5, 0.6) is 0 Å². The minimum atomic E-state index is -0.0142. The van der Waals surface area contributed by atoms with Crippen LogP contribution in [0, 0.1) is 17.8 Å². The average Bonchev–Trinajstić information content (AvgIpc) is 2.92. The smallest absolute Gasteiger partial charge is 0.152 e. The van der Waals surface area contributed by atoms with E-state index in [1.54, 1.807) is 0 Å². The van der Waals surface area contributed by atoms with Crippen molar-refractivity contribution in [2.24, 2.45) is 17.8 Å². The molecule has 0 radical (unpaired) electrons. The summed E-state index contributed by atoms with van der Waals surface area (Å²) in [5.41, 5.74) is 0. The van der Waals surface area contributed by atoms with Gasteiger partial charge in [-0.1, -0.05) is 20.4 Å². The second-order valence-corrected chi connectivity index (χ2v) is 6.08. The minimum Gasteiger partial charge on any atom is -0.513 e. The highest BCUT2D eigenvalue weighted by atomic mass is 16.3. The van der Waals surface area contributed by atoms with Crippen LogP contribution in [-0.2, 0) is 0 Å². The van der Waals surface area contributed by atoms with Crippen LogP contribution in [0.4, 0.5) is 0 Å². The van der Waals surface area contributed by atoms with Crippen LogP contribution in [0.15, 0.2) is 12.3 Å². The Balaban J connectivity index is 2.17. The number of nitrogens with zero attached hydrogens (tertiary/aromatic N) is 3. The highest BCUT2D eigenvalue weighted by Gasteiger charge is 2.33. The third-order valence-corrected chi connectivity index (χ3v) is 4.30.